The molecular weight excluding hydrogens is 326 g/mol. The van der Waals surface area contributed by atoms with E-state index in [-0.39, 0.29) is 11.9 Å². The molecule has 1 aliphatic heterocycles. The van der Waals surface area contributed by atoms with Crippen LogP contribution < -0.4 is 5.32 Å². The molecule has 1 aliphatic rings. The summed E-state index contributed by atoms with van der Waals surface area (Å²) in [6.45, 7) is 9.91. The zero-order valence-corrected chi connectivity index (χ0v) is 16.2. The van der Waals surface area contributed by atoms with E-state index >= 15 is 0 Å². The summed E-state index contributed by atoms with van der Waals surface area (Å²) in [5.74, 6) is 0.00692. The van der Waals surface area contributed by atoms with Crippen LogP contribution in [0, 0.1) is 20.8 Å². The number of aromatic nitrogens is 1. The van der Waals surface area contributed by atoms with Crippen LogP contribution >= 0.6 is 0 Å². The van der Waals surface area contributed by atoms with Crippen LogP contribution in [0.2, 0.25) is 0 Å². The molecule has 2 aromatic rings. The highest BCUT2D eigenvalue weighted by molar-refractivity contribution is 5.97. The SMILES string of the molecule is Cc1cc(C)c(C(=O)NCC(c2cccn2C)N2CCOCC2)c(C)c1. The monoisotopic (exact) mass is 355 g/mol. The molecule has 140 valence electrons. The van der Waals surface area contributed by atoms with Gasteiger partial charge < -0.3 is 14.6 Å². The normalized spacial score (nSPS) is 16.5. The average molecular weight is 355 g/mol. The molecule has 0 bridgehead atoms. The quantitative estimate of drug-likeness (QED) is 0.897. The molecule has 1 saturated heterocycles. The van der Waals surface area contributed by atoms with Crippen molar-refractivity contribution in [2.24, 2.45) is 7.05 Å². The Balaban J connectivity index is 1.77. The molecule has 26 heavy (non-hydrogen) atoms. The summed E-state index contributed by atoms with van der Waals surface area (Å²) in [7, 11) is 2.05. The van der Waals surface area contributed by atoms with Crippen LogP contribution in [0.5, 0.6) is 0 Å². The van der Waals surface area contributed by atoms with Crippen molar-refractivity contribution in [3.63, 3.8) is 0 Å². The highest BCUT2D eigenvalue weighted by atomic mass is 16.5. The molecule has 0 spiro atoms. The van der Waals surface area contributed by atoms with E-state index in [0.717, 1.165) is 43.0 Å². The van der Waals surface area contributed by atoms with Crippen molar-refractivity contribution in [3.8, 4) is 0 Å². The van der Waals surface area contributed by atoms with E-state index in [1.165, 1.54) is 11.3 Å². The number of carbonyl (C=O) groups is 1. The maximum absolute atomic E-state index is 12.9. The predicted molar refractivity (Wildman–Crippen MR) is 104 cm³/mol. The van der Waals surface area contributed by atoms with Gasteiger partial charge in [-0.05, 0) is 44.0 Å². The summed E-state index contributed by atoms with van der Waals surface area (Å²) in [6, 6.07) is 8.47. The van der Waals surface area contributed by atoms with Gasteiger partial charge in [-0.25, -0.2) is 0 Å². The van der Waals surface area contributed by atoms with Crippen LogP contribution in [-0.4, -0.2) is 48.2 Å². The third kappa shape index (κ3) is 4.00. The van der Waals surface area contributed by atoms with Crippen LogP contribution in [0.3, 0.4) is 0 Å². The van der Waals surface area contributed by atoms with Gasteiger partial charge in [0.25, 0.3) is 5.91 Å². The predicted octanol–water partition coefficient (Wildman–Crippen LogP) is 2.75. The minimum atomic E-state index is 0.00692. The standard InChI is InChI=1S/C21H29N3O2/c1-15-12-16(2)20(17(3)13-15)21(25)22-14-19(18-6-5-7-23(18)4)24-8-10-26-11-9-24/h5-7,12-13,19H,8-11,14H2,1-4H3,(H,22,25). The second kappa shape index (κ2) is 8.06. The van der Waals surface area contributed by atoms with Crippen LogP contribution in [0.4, 0.5) is 0 Å². The van der Waals surface area contributed by atoms with E-state index < -0.39 is 0 Å². The largest absolute Gasteiger partial charge is 0.379 e. The zero-order valence-electron chi connectivity index (χ0n) is 16.2. The third-order valence-electron chi connectivity index (χ3n) is 5.17. The van der Waals surface area contributed by atoms with Gasteiger partial charge in [-0.3, -0.25) is 9.69 Å². The Morgan fingerprint density at radius 3 is 2.42 bits per heavy atom. The second-order valence-corrected chi connectivity index (χ2v) is 7.19. The van der Waals surface area contributed by atoms with Gasteiger partial charge in [-0.15, -0.1) is 0 Å². The van der Waals surface area contributed by atoms with Gasteiger partial charge in [-0.2, -0.15) is 0 Å². The molecule has 5 heteroatoms. The number of hydrogen-bond acceptors (Lipinski definition) is 3. The number of rotatable bonds is 5. The lowest BCUT2D eigenvalue weighted by molar-refractivity contribution is 0.0148. The van der Waals surface area contributed by atoms with E-state index in [1.54, 1.807) is 0 Å². The van der Waals surface area contributed by atoms with Gasteiger partial charge in [-0.1, -0.05) is 17.7 Å². The van der Waals surface area contributed by atoms with Crippen molar-refractivity contribution in [3.05, 3.63) is 58.4 Å². The Morgan fingerprint density at radius 2 is 1.85 bits per heavy atom. The number of amides is 1. The van der Waals surface area contributed by atoms with Gasteiger partial charge in [0.15, 0.2) is 0 Å². The van der Waals surface area contributed by atoms with Crippen molar-refractivity contribution in [1.82, 2.24) is 14.8 Å². The third-order valence-corrected chi connectivity index (χ3v) is 5.17. The summed E-state index contributed by atoms with van der Waals surface area (Å²) in [6.07, 6.45) is 2.05. The number of hydrogen-bond donors (Lipinski definition) is 1. The highest BCUT2D eigenvalue weighted by Gasteiger charge is 2.25. The summed E-state index contributed by atoms with van der Waals surface area (Å²) in [5.41, 5.74) is 5.25. The topological polar surface area (TPSA) is 46.5 Å². The lowest BCUT2D eigenvalue weighted by Crippen LogP contribution is -2.44. The molecule has 0 radical (unpaired) electrons. The Bertz CT molecular complexity index is 752. The molecule has 1 fully saturated rings. The Kier molecular flexibility index (Phi) is 5.79. The molecule has 1 aromatic carbocycles. The van der Waals surface area contributed by atoms with E-state index in [2.05, 4.69) is 59.2 Å². The van der Waals surface area contributed by atoms with Crippen LogP contribution in [-0.2, 0) is 11.8 Å². The smallest absolute Gasteiger partial charge is 0.251 e. The van der Waals surface area contributed by atoms with E-state index in [1.807, 2.05) is 13.8 Å². The maximum atomic E-state index is 12.9. The number of benzene rings is 1. The van der Waals surface area contributed by atoms with Crippen LogP contribution in [0.25, 0.3) is 0 Å². The van der Waals surface area contributed by atoms with Crippen molar-refractivity contribution >= 4 is 5.91 Å². The summed E-state index contributed by atoms with van der Waals surface area (Å²) >= 11 is 0. The Labute approximate surface area is 156 Å². The molecule has 1 atom stereocenters. The molecule has 3 rings (SSSR count). The number of carbonyl (C=O) groups excluding carboxylic acids is 1. The number of nitrogens with one attached hydrogen (secondary N) is 1. The second-order valence-electron chi connectivity index (χ2n) is 7.19. The van der Waals surface area contributed by atoms with E-state index in [0.29, 0.717) is 6.54 Å². The Morgan fingerprint density at radius 1 is 1.19 bits per heavy atom. The van der Waals surface area contributed by atoms with Crippen LogP contribution in [0.1, 0.15) is 38.8 Å². The zero-order chi connectivity index (χ0) is 18.7. The molecule has 0 saturated carbocycles. The number of ether oxygens (including phenoxy) is 1. The first-order chi connectivity index (χ1) is 12.5. The lowest BCUT2D eigenvalue weighted by atomic mass is 9.99. The molecule has 1 unspecified atom stereocenters. The average Bonchev–Trinajstić information content (AvgIpc) is 3.01. The van der Waals surface area contributed by atoms with Gasteiger partial charge >= 0.3 is 0 Å². The summed E-state index contributed by atoms with van der Waals surface area (Å²) < 4.78 is 7.63. The number of nitrogens with zero attached hydrogens (tertiary/aromatic N) is 2. The van der Waals surface area contributed by atoms with E-state index in [4.69, 9.17) is 4.74 Å². The van der Waals surface area contributed by atoms with Gasteiger partial charge in [0, 0.05) is 44.1 Å². The highest BCUT2D eigenvalue weighted by Crippen LogP contribution is 2.22. The fourth-order valence-corrected chi connectivity index (χ4v) is 3.95. The fraction of sp³-hybridized carbons (Fsp3) is 0.476. The van der Waals surface area contributed by atoms with Gasteiger partial charge in [0.2, 0.25) is 0 Å². The Hall–Kier alpha value is -2.11. The molecule has 5 nitrogen and oxygen atoms in total. The first kappa shape index (κ1) is 18.7. The summed E-state index contributed by atoms with van der Waals surface area (Å²) in [5, 5.41) is 3.18. The number of aryl methyl sites for hydroxylation is 4. The summed E-state index contributed by atoms with van der Waals surface area (Å²) in [4.78, 5) is 15.3. The fourth-order valence-electron chi connectivity index (χ4n) is 3.95. The molecule has 1 amide bonds. The maximum Gasteiger partial charge on any atom is 0.251 e. The first-order valence-electron chi connectivity index (χ1n) is 9.26. The molecule has 1 N–H and O–H groups in total. The molecule has 1 aromatic heterocycles. The molecule has 0 aliphatic carbocycles. The lowest BCUT2D eigenvalue weighted by Gasteiger charge is -2.35. The molecular formula is C21H29N3O2. The number of morpholine rings is 1. The van der Waals surface area contributed by atoms with Crippen molar-refractivity contribution in [2.75, 3.05) is 32.8 Å². The van der Waals surface area contributed by atoms with Crippen molar-refractivity contribution < 1.29 is 9.53 Å². The van der Waals surface area contributed by atoms with E-state index in [9.17, 15) is 4.79 Å². The van der Waals surface area contributed by atoms with Gasteiger partial charge in [0.1, 0.15) is 0 Å². The van der Waals surface area contributed by atoms with Crippen LogP contribution in [0.15, 0.2) is 30.5 Å². The molecule has 2 heterocycles. The van der Waals surface area contributed by atoms with Gasteiger partial charge in [0.05, 0.1) is 19.3 Å². The first-order valence-corrected chi connectivity index (χ1v) is 9.26. The van der Waals surface area contributed by atoms with Crippen molar-refractivity contribution in [1.29, 1.82) is 0 Å². The minimum absolute atomic E-state index is 0.00692. The minimum Gasteiger partial charge on any atom is -0.379 e. The van der Waals surface area contributed by atoms with Crippen molar-refractivity contribution in [2.45, 2.75) is 26.8 Å².